The Morgan fingerprint density at radius 2 is 2.05 bits per heavy atom. The molecule has 4 rings (SSSR count). The van der Waals surface area contributed by atoms with Crippen molar-refractivity contribution in [3.05, 3.63) is 82.7 Å². The lowest BCUT2D eigenvalue weighted by Gasteiger charge is -2.40. The summed E-state index contributed by atoms with van der Waals surface area (Å²) >= 11 is 0. The number of fused-ring (bicyclic) bond motifs is 3. The third-order valence-electron chi connectivity index (χ3n) is 7.08. The fourth-order valence-electron chi connectivity index (χ4n) is 5.22. The molecular formula is C30H33FN2O7. The van der Waals surface area contributed by atoms with Crippen LogP contribution in [0.1, 0.15) is 40.7 Å². The average Bonchev–Trinajstić information content (AvgIpc) is 3.35. The molecule has 0 saturated carbocycles. The van der Waals surface area contributed by atoms with E-state index in [1.54, 1.807) is 30.4 Å². The number of amides is 2. The monoisotopic (exact) mass is 552 g/mol. The van der Waals surface area contributed by atoms with Crippen molar-refractivity contribution in [3.63, 3.8) is 0 Å². The Balaban J connectivity index is 1.78. The van der Waals surface area contributed by atoms with Crippen LogP contribution in [0.5, 0.6) is 11.5 Å². The molecule has 1 aliphatic carbocycles. The van der Waals surface area contributed by atoms with Crippen molar-refractivity contribution in [3.8, 4) is 11.5 Å². The lowest BCUT2D eigenvalue weighted by Crippen LogP contribution is -2.56. The van der Waals surface area contributed by atoms with E-state index in [2.05, 4.69) is 5.32 Å². The van der Waals surface area contributed by atoms with Gasteiger partial charge in [0.15, 0.2) is 11.5 Å². The highest BCUT2D eigenvalue weighted by Gasteiger charge is 2.51. The Hall–Kier alpha value is -4.02. The smallest absolute Gasteiger partial charge is 0.247 e. The predicted molar refractivity (Wildman–Crippen MR) is 145 cm³/mol. The van der Waals surface area contributed by atoms with E-state index in [4.69, 9.17) is 9.47 Å². The highest BCUT2D eigenvalue weighted by Crippen LogP contribution is 2.51. The van der Waals surface area contributed by atoms with Crippen molar-refractivity contribution in [2.45, 2.75) is 43.9 Å². The zero-order valence-electron chi connectivity index (χ0n) is 22.4. The summed E-state index contributed by atoms with van der Waals surface area (Å²) in [6.07, 6.45) is 3.98. The van der Waals surface area contributed by atoms with E-state index in [1.165, 1.54) is 36.3 Å². The van der Waals surface area contributed by atoms with E-state index in [0.717, 1.165) is 0 Å². The minimum atomic E-state index is -1.26. The molecule has 0 unspecified atom stereocenters. The van der Waals surface area contributed by atoms with Gasteiger partial charge >= 0.3 is 0 Å². The average molecular weight is 553 g/mol. The van der Waals surface area contributed by atoms with Gasteiger partial charge in [0.1, 0.15) is 24.3 Å². The number of allylic oxidation sites excluding steroid dienone is 1. The number of benzene rings is 2. The summed E-state index contributed by atoms with van der Waals surface area (Å²) in [4.78, 5) is 39.8. The highest BCUT2D eigenvalue weighted by atomic mass is 19.1. The molecule has 0 bridgehead atoms. The van der Waals surface area contributed by atoms with Crippen molar-refractivity contribution in [1.82, 2.24) is 10.2 Å². The van der Waals surface area contributed by atoms with Gasteiger partial charge in [0.25, 0.3) is 0 Å². The van der Waals surface area contributed by atoms with Crippen LogP contribution in [-0.2, 0) is 16.0 Å². The van der Waals surface area contributed by atoms with Gasteiger partial charge < -0.3 is 29.9 Å². The van der Waals surface area contributed by atoms with Gasteiger partial charge in [-0.15, -0.1) is 0 Å². The number of nitrogens with one attached hydrogen (secondary N) is 1. The van der Waals surface area contributed by atoms with Crippen LogP contribution in [0.4, 0.5) is 4.39 Å². The van der Waals surface area contributed by atoms with Crippen LogP contribution in [0.25, 0.3) is 0 Å². The molecule has 4 atom stereocenters. The van der Waals surface area contributed by atoms with Gasteiger partial charge in [-0.25, -0.2) is 4.39 Å². The van der Waals surface area contributed by atoms with E-state index in [0.29, 0.717) is 41.6 Å². The lowest BCUT2D eigenvalue weighted by molar-refractivity contribution is -0.132. The number of methoxy groups -OCH3 is 1. The molecule has 9 nitrogen and oxygen atoms in total. The topological polar surface area (TPSA) is 125 Å². The minimum Gasteiger partial charge on any atom is -0.493 e. The summed E-state index contributed by atoms with van der Waals surface area (Å²) in [6.45, 7) is 1.72. The van der Waals surface area contributed by atoms with Gasteiger partial charge in [-0.3, -0.25) is 14.4 Å². The molecule has 0 fully saturated rings. The van der Waals surface area contributed by atoms with Gasteiger partial charge in [0.2, 0.25) is 11.8 Å². The fourth-order valence-corrected chi connectivity index (χ4v) is 5.22. The molecule has 2 aromatic carbocycles. The number of rotatable bonds is 11. The molecule has 0 radical (unpaired) electrons. The number of halogens is 1. The second-order valence-electron chi connectivity index (χ2n) is 9.62. The first-order chi connectivity index (χ1) is 19.3. The zero-order chi connectivity index (χ0) is 28.8. The van der Waals surface area contributed by atoms with E-state index in [1.807, 2.05) is 6.92 Å². The Morgan fingerprint density at radius 3 is 2.73 bits per heavy atom. The Labute approximate surface area is 231 Å². The van der Waals surface area contributed by atoms with Gasteiger partial charge in [0.05, 0.1) is 25.7 Å². The van der Waals surface area contributed by atoms with E-state index >= 15 is 0 Å². The molecule has 2 amide bonds. The van der Waals surface area contributed by atoms with Crippen LogP contribution in [0.15, 0.2) is 60.2 Å². The normalized spacial score (nSPS) is 21.2. The number of nitrogens with zero attached hydrogens (tertiary/aromatic N) is 1. The third-order valence-corrected chi connectivity index (χ3v) is 7.08. The first-order valence-electron chi connectivity index (χ1n) is 13.2. The van der Waals surface area contributed by atoms with Crippen LogP contribution in [0.3, 0.4) is 0 Å². The largest absolute Gasteiger partial charge is 0.493 e. The highest BCUT2D eigenvalue weighted by molar-refractivity contribution is 5.97. The maximum Gasteiger partial charge on any atom is 0.247 e. The van der Waals surface area contributed by atoms with Crippen molar-refractivity contribution < 1.29 is 38.5 Å². The lowest BCUT2D eigenvalue weighted by atomic mass is 9.77. The number of hydrogen-bond donors (Lipinski definition) is 3. The van der Waals surface area contributed by atoms with Crippen molar-refractivity contribution in [2.24, 2.45) is 0 Å². The van der Waals surface area contributed by atoms with Gasteiger partial charge in [0, 0.05) is 29.8 Å². The molecule has 0 saturated heterocycles. The quantitative estimate of drug-likeness (QED) is 0.289. The van der Waals surface area contributed by atoms with Gasteiger partial charge in [-0.05, 0) is 54.8 Å². The third kappa shape index (κ3) is 5.93. The van der Waals surface area contributed by atoms with Crippen molar-refractivity contribution >= 4 is 18.1 Å². The second kappa shape index (κ2) is 12.9. The number of aliphatic hydroxyl groups excluding tert-OH is 2. The van der Waals surface area contributed by atoms with Crippen molar-refractivity contribution in [2.75, 3.05) is 26.8 Å². The second-order valence-corrected chi connectivity index (χ2v) is 9.62. The molecule has 0 spiro atoms. The van der Waals surface area contributed by atoms with E-state index in [-0.39, 0.29) is 36.9 Å². The minimum absolute atomic E-state index is 0.00630. The number of carbonyl (C=O) groups excluding carboxylic acids is 3. The predicted octanol–water partition coefficient (Wildman–Crippen LogP) is 2.31. The number of carbonyl (C=O) groups is 3. The summed E-state index contributed by atoms with van der Waals surface area (Å²) in [6, 6.07) is 8.18. The van der Waals surface area contributed by atoms with Crippen LogP contribution in [0.2, 0.25) is 0 Å². The van der Waals surface area contributed by atoms with Gasteiger partial charge in [-0.2, -0.15) is 0 Å². The standard InChI is InChI=1S/C30H33FN2O7/c1-3-4-8-25(36)33(11-9-18-6-5-7-20(31)13-18)23-16-22(30(38)32-10-12-34)26-21-14-19(17-35)15-24(39-2)28(21)40-29(26)27(23)37/h4-8,13-17,23,26-27,29,34,37H,3,9-12H2,1-2H3,(H,32,38)/t23-,26+,27+,29+/m1/s1. The number of hydrogen-bond acceptors (Lipinski definition) is 7. The molecular weight excluding hydrogens is 519 g/mol. The fraction of sp³-hybridized carbons (Fsp3) is 0.367. The molecule has 212 valence electrons. The van der Waals surface area contributed by atoms with Gasteiger partial charge in [-0.1, -0.05) is 25.1 Å². The summed E-state index contributed by atoms with van der Waals surface area (Å²) in [5, 5.41) is 23.6. The first-order valence-corrected chi connectivity index (χ1v) is 13.2. The van der Waals surface area contributed by atoms with E-state index in [9.17, 15) is 29.0 Å². The summed E-state index contributed by atoms with van der Waals surface area (Å²) < 4.78 is 25.4. The molecule has 2 aromatic rings. The van der Waals surface area contributed by atoms with Crippen molar-refractivity contribution in [1.29, 1.82) is 0 Å². The summed E-state index contributed by atoms with van der Waals surface area (Å²) in [5.41, 5.74) is 1.70. The number of aliphatic hydroxyl groups is 2. The summed E-state index contributed by atoms with van der Waals surface area (Å²) in [5.74, 6) is -1.48. The molecule has 10 heteroatoms. The maximum atomic E-state index is 13.8. The maximum absolute atomic E-state index is 13.8. The zero-order valence-corrected chi connectivity index (χ0v) is 22.4. The molecule has 1 heterocycles. The molecule has 2 aliphatic rings. The number of aldehydes is 1. The van der Waals surface area contributed by atoms with Crippen LogP contribution in [-0.4, -0.2) is 78.3 Å². The molecule has 40 heavy (non-hydrogen) atoms. The SMILES string of the molecule is CCC=CC(=O)N(CCc1cccc(F)c1)[C@@H]1C=C(C(=O)NCCO)[C@@H]2c3cc(C=O)cc(OC)c3O[C@@H]2[C@H]1O. The van der Waals surface area contributed by atoms with E-state index < -0.39 is 35.9 Å². The number of ether oxygens (including phenoxy) is 2. The molecule has 3 N–H and O–H groups in total. The molecule has 1 aliphatic heterocycles. The summed E-state index contributed by atoms with van der Waals surface area (Å²) in [7, 11) is 1.42. The first kappa shape index (κ1) is 29.0. The Bertz CT molecular complexity index is 1330. The van der Waals surface area contributed by atoms with Crippen LogP contribution >= 0.6 is 0 Å². The molecule has 0 aromatic heterocycles. The Kier molecular flexibility index (Phi) is 9.34. The van der Waals surface area contributed by atoms with Crippen LogP contribution in [0, 0.1) is 5.82 Å². The van der Waals surface area contributed by atoms with Crippen LogP contribution < -0.4 is 14.8 Å². The Morgan fingerprint density at radius 1 is 1.25 bits per heavy atom.